The van der Waals surface area contributed by atoms with E-state index in [9.17, 15) is 9.59 Å². The molecule has 0 saturated heterocycles. The molecule has 5 nitrogen and oxygen atoms in total. The van der Waals surface area contributed by atoms with Gasteiger partial charge in [-0.25, -0.2) is 9.59 Å². The Balaban J connectivity index is 1.61. The van der Waals surface area contributed by atoms with E-state index in [1.807, 2.05) is 24.3 Å². The molecule has 0 fully saturated rings. The lowest BCUT2D eigenvalue weighted by molar-refractivity contribution is 0.137. The minimum absolute atomic E-state index is 0.00648. The summed E-state index contributed by atoms with van der Waals surface area (Å²) < 4.78 is 9.84. The van der Waals surface area contributed by atoms with Crippen LogP contribution in [0.3, 0.4) is 0 Å². The molecular formula is C18H16ClNO4. The van der Waals surface area contributed by atoms with Gasteiger partial charge in [-0.2, -0.15) is 0 Å². The minimum atomic E-state index is -0.899. The van der Waals surface area contributed by atoms with Crippen molar-refractivity contribution in [2.45, 2.75) is 5.92 Å². The van der Waals surface area contributed by atoms with Crippen LogP contribution in [0.25, 0.3) is 11.1 Å². The van der Waals surface area contributed by atoms with Crippen LogP contribution in [-0.2, 0) is 9.47 Å². The average molecular weight is 346 g/mol. The number of rotatable bonds is 5. The molecule has 0 saturated carbocycles. The smallest absolute Gasteiger partial charge is 0.407 e. The number of benzene rings is 2. The zero-order valence-corrected chi connectivity index (χ0v) is 13.6. The van der Waals surface area contributed by atoms with E-state index < -0.39 is 11.5 Å². The van der Waals surface area contributed by atoms with E-state index in [2.05, 4.69) is 34.3 Å². The molecule has 0 unspecified atom stereocenters. The summed E-state index contributed by atoms with van der Waals surface area (Å²) in [4.78, 5) is 22.2. The van der Waals surface area contributed by atoms with Gasteiger partial charge in [-0.3, -0.25) is 0 Å². The van der Waals surface area contributed by atoms with Crippen LogP contribution in [0, 0.1) is 0 Å². The maximum absolute atomic E-state index is 11.8. The number of amides is 1. The van der Waals surface area contributed by atoms with Crippen molar-refractivity contribution in [3.63, 3.8) is 0 Å². The molecular weight excluding hydrogens is 330 g/mol. The topological polar surface area (TPSA) is 64.6 Å². The molecule has 2 aromatic carbocycles. The molecule has 0 radical (unpaired) electrons. The van der Waals surface area contributed by atoms with E-state index >= 15 is 0 Å². The summed E-state index contributed by atoms with van der Waals surface area (Å²) in [6.45, 7) is 0.400. The van der Waals surface area contributed by atoms with E-state index in [-0.39, 0.29) is 25.7 Å². The Morgan fingerprint density at radius 3 is 2.12 bits per heavy atom. The normalized spacial score (nSPS) is 12.2. The average Bonchev–Trinajstić information content (AvgIpc) is 2.91. The summed E-state index contributed by atoms with van der Waals surface area (Å²) in [6.07, 6.45) is -0.553. The van der Waals surface area contributed by atoms with E-state index in [0.717, 1.165) is 11.1 Å². The van der Waals surface area contributed by atoms with Crippen LogP contribution in [0.2, 0.25) is 0 Å². The second-order valence-corrected chi connectivity index (χ2v) is 5.65. The van der Waals surface area contributed by atoms with Gasteiger partial charge < -0.3 is 14.8 Å². The Bertz CT molecular complexity index is 717. The molecule has 1 aliphatic carbocycles. The van der Waals surface area contributed by atoms with Gasteiger partial charge in [0.2, 0.25) is 0 Å². The van der Waals surface area contributed by atoms with Gasteiger partial charge in [0.15, 0.2) is 0 Å². The van der Waals surface area contributed by atoms with Crippen molar-refractivity contribution in [1.82, 2.24) is 5.32 Å². The number of fused-ring (bicyclic) bond motifs is 3. The fraction of sp³-hybridized carbons (Fsp3) is 0.222. The number of carbonyl (C=O) groups is 2. The Hall–Kier alpha value is -2.53. The van der Waals surface area contributed by atoms with Gasteiger partial charge in [-0.15, -0.1) is 0 Å². The fourth-order valence-corrected chi connectivity index (χ4v) is 3.01. The molecule has 0 heterocycles. The molecule has 24 heavy (non-hydrogen) atoms. The van der Waals surface area contributed by atoms with Crippen LogP contribution in [0.1, 0.15) is 17.0 Å². The first kappa shape index (κ1) is 16.3. The first-order valence-corrected chi connectivity index (χ1v) is 7.95. The Labute approximate surface area is 144 Å². The van der Waals surface area contributed by atoms with Crippen LogP contribution >= 0.6 is 11.6 Å². The van der Waals surface area contributed by atoms with Crippen molar-refractivity contribution < 1.29 is 19.1 Å². The molecule has 0 spiro atoms. The summed E-state index contributed by atoms with van der Waals surface area (Å²) in [5.41, 5.74) is 3.77. The predicted molar refractivity (Wildman–Crippen MR) is 90.3 cm³/mol. The molecule has 6 heteroatoms. The van der Waals surface area contributed by atoms with Gasteiger partial charge in [0.05, 0.1) is 6.54 Å². The van der Waals surface area contributed by atoms with Gasteiger partial charge >= 0.3 is 11.5 Å². The molecule has 0 bridgehead atoms. The molecule has 2 aromatic rings. The second-order valence-electron chi connectivity index (χ2n) is 5.34. The highest BCUT2D eigenvalue weighted by Crippen LogP contribution is 2.44. The lowest BCUT2D eigenvalue weighted by Crippen LogP contribution is -2.29. The van der Waals surface area contributed by atoms with Gasteiger partial charge in [-0.1, -0.05) is 48.5 Å². The molecule has 0 aromatic heterocycles. The van der Waals surface area contributed by atoms with E-state index in [1.165, 1.54) is 11.1 Å². The van der Waals surface area contributed by atoms with Crippen molar-refractivity contribution in [2.75, 3.05) is 19.8 Å². The number of hydrogen-bond donors (Lipinski definition) is 1. The summed E-state index contributed by atoms with van der Waals surface area (Å²) >= 11 is 5.03. The third-order valence-electron chi connectivity index (χ3n) is 3.93. The minimum Gasteiger partial charge on any atom is -0.452 e. The maximum atomic E-state index is 11.8. The van der Waals surface area contributed by atoms with Crippen LogP contribution < -0.4 is 5.32 Å². The molecule has 3 rings (SSSR count). The standard InChI is InChI=1S/C18H16ClNO4/c19-17(21)23-10-9-20-18(22)24-11-16-14-7-3-1-5-12(14)13-6-2-4-8-15(13)16/h1-8,16H,9-11H2,(H,20,22). The quantitative estimate of drug-likeness (QED) is 0.659. The number of nitrogens with one attached hydrogen (secondary N) is 1. The largest absolute Gasteiger partial charge is 0.452 e. The summed E-state index contributed by atoms with van der Waals surface area (Å²) in [5, 5.41) is 2.51. The zero-order chi connectivity index (χ0) is 16.9. The highest BCUT2D eigenvalue weighted by Gasteiger charge is 2.28. The van der Waals surface area contributed by atoms with Crippen LogP contribution in [0.4, 0.5) is 9.59 Å². The fourth-order valence-electron chi connectivity index (χ4n) is 2.93. The maximum Gasteiger partial charge on any atom is 0.407 e. The lowest BCUT2D eigenvalue weighted by atomic mass is 9.98. The third kappa shape index (κ3) is 3.51. The number of carbonyl (C=O) groups excluding carboxylic acids is 2. The number of halogens is 1. The van der Waals surface area contributed by atoms with Gasteiger partial charge in [0.25, 0.3) is 0 Å². The molecule has 1 aliphatic rings. The lowest BCUT2D eigenvalue weighted by Gasteiger charge is -2.14. The predicted octanol–water partition coefficient (Wildman–Crippen LogP) is 3.90. The first-order chi connectivity index (χ1) is 11.7. The Morgan fingerprint density at radius 1 is 0.958 bits per heavy atom. The van der Waals surface area contributed by atoms with E-state index in [4.69, 9.17) is 16.3 Å². The summed E-state index contributed by atoms with van der Waals surface area (Å²) in [7, 11) is 0. The molecule has 124 valence electrons. The van der Waals surface area contributed by atoms with Crippen LogP contribution in [-0.4, -0.2) is 31.3 Å². The highest BCUT2D eigenvalue weighted by molar-refractivity contribution is 6.61. The summed E-state index contributed by atoms with van der Waals surface area (Å²) in [5.74, 6) is 0.0174. The van der Waals surface area contributed by atoms with E-state index in [0.29, 0.717) is 0 Å². The number of alkyl carbamates (subject to hydrolysis) is 1. The SMILES string of the molecule is O=C(Cl)OCCNC(=O)OCC1c2ccccc2-c2ccccc21. The summed E-state index contributed by atoms with van der Waals surface area (Å²) in [6, 6.07) is 16.2. The van der Waals surface area contributed by atoms with Crippen molar-refractivity contribution >= 4 is 23.1 Å². The zero-order valence-electron chi connectivity index (χ0n) is 12.8. The Morgan fingerprint density at radius 2 is 1.54 bits per heavy atom. The highest BCUT2D eigenvalue weighted by atomic mass is 35.5. The van der Waals surface area contributed by atoms with Gasteiger partial charge in [0, 0.05) is 17.5 Å². The van der Waals surface area contributed by atoms with Crippen LogP contribution in [0.15, 0.2) is 48.5 Å². The van der Waals surface area contributed by atoms with Crippen molar-refractivity contribution in [3.8, 4) is 11.1 Å². The monoisotopic (exact) mass is 345 g/mol. The van der Waals surface area contributed by atoms with Gasteiger partial charge in [0.1, 0.15) is 13.2 Å². The molecule has 1 N–H and O–H groups in total. The van der Waals surface area contributed by atoms with Crippen LogP contribution in [0.5, 0.6) is 0 Å². The molecule has 0 atom stereocenters. The van der Waals surface area contributed by atoms with Gasteiger partial charge in [-0.05, 0) is 22.3 Å². The first-order valence-electron chi connectivity index (χ1n) is 7.58. The number of hydrogen-bond acceptors (Lipinski definition) is 4. The van der Waals surface area contributed by atoms with E-state index in [1.54, 1.807) is 0 Å². The third-order valence-corrected chi connectivity index (χ3v) is 4.04. The van der Waals surface area contributed by atoms with Crippen molar-refractivity contribution in [1.29, 1.82) is 0 Å². The molecule has 1 amide bonds. The van der Waals surface area contributed by atoms with Crippen molar-refractivity contribution in [2.24, 2.45) is 0 Å². The van der Waals surface area contributed by atoms with Crippen molar-refractivity contribution in [3.05, 3.63) is 59.7 Å². The Kier molecular flexibility index (Phi) is 5.01. The second kappa shape index (κ2) is 7.36. The molecule has 0 aliphatic heterocycles. The number of ether oxygens (including phenoxy) is 2.